The van der Waals surface area contributed by atoms with Crippen molar-refractivity contribution in [2.45, 2.75) is 23.7 Å². The van der Waals surface area contributed by atoms with Crippen LogP contribution in [-0.2, 0) is 14.8 Å². The number of benzene rings is 1. The molecule has 0 unspecified atom stereocenters. The third-order valence-electron chi connectivity index (χ3n) is 4.00. The minimum atomic E-state index is -3.84. The number of nitrogens with zero attached hydrogens (tertiary/aromatic N) is 2. The molecule has 0 spiro atoms. The van der Waals surface area contributed by atoms with Crippen LogP contribution in [0.25, 0.3) is 10.8 Å². The summed E-state index contributed by atoms with van der Waals surface area (Å²) in [5.41, 5.74) is 5.38. The highest BCUT2D eigenvalue weighted by Gasteiger charge is 2.30. The van der Waals surface area contributed by atoms with Gasteiger partial charge in [0.1, 0.15) is 10.6 Å². The maximum absolute atomic E-state index is 12.7. The van der Waals surface area contributed by atoms with Gasteiger partial charge in [-0.15, -0.1) is 11.3 Å². The number of primary amides is 1. The SMILES string of the molecule is NC(=O)COc1ccc(S(=O)(=O)Nc2ccsc2-c2nc(C3CC3)no2)cc1. The lowest BCUT2D eigenvalue weighted by Gasteiger charge is -2.09. The number of sulfonamides is 1. The van der Waals surface area contributed by atoms with E-state index in [4.69, 9.17) is 15.0 Å². The summed E-state index contributed by atoms with van der Waals surface area (Å²) in [7, 11) is -3.84. The lowest BCUT2D eigenvalue weighted by molar-refractivity contribution is -0.119. The second kappa shape index (κ2) is 7.24. The number of nitrogens with two attached hydrogens (primary N) is 1. The first-order valence-electron chi connectivity index (χ1n) is 8.38. The van der Waals surface area contributed by atoms with E-state index in [1.165, 1.54) is 35.6 Å². The lowest BCUT2D eigenvalue weighted by Crippen LogP contribution is -2.20. The van der Waals surface area contributed by atoms with E-state index >= 15 is 0 Å². The average Bonchev–Trinajstić information content (AvgIpc) is 3.22. The molecule has 0 saturated heterocycles. The van der Waals surface area contributed by atoms with Crippen molar-refractivity contribution in [2.75, 3.05) is 11.3 Å². The van der Waals surface area contributed by atoms with Gasteiger partial charge in [0.15, 0.2) is 12.4 Å². The summed E-state index contributed by atoms with van der Waals surface area (Å²) >= 11 is 1.31. The number of thiophene rings is 1. The molecule has 4 rings (SSSR count). The molecule has 0 bridgehead atoms. The first kappa shape index (κ1) is 18.4. The van der Waals surface area contributed by atoms with Crippen LogP contribution in [0.5, 0.6) is 5.75 Å². The van der Waals surface area contributed by atoms with Crippen LogP contribution in [0.4, 0.5) is 5.69 Å². The number of amides is 1. The number of carbonyl (C=O) groups is 1. The summed E-state index contributed by atoms with van der Waals surface area (Å²) < 4.78 is 38.4. The molecular weight excluding hydrogens is 404 g/mol. The van der Waals surface area contributed by atoms with Gasteiger partial charge in [0.25, 0.3) is 21.8 Å². The Kier molecular flexibility index (Phi) is 4.77. The Labute approximate surface area is 164 Å². The van der Waals surface area contributed by atoms with Crippen molar-refractivity contribution < 1.29 is 22.5 Å². The highest BCUT2D eigenvalue weighted by molar-refractivity contribution is 7.92. The summed E-state index contributed by atoms with van der Waals surface area (Å²) in [6.07, 6.45) is 2.09. The maximum Gasteiger partial charge on any atom is 0.270 e. The van der Waals surface area contributed by atoms with Crippen LogP contribution in [0.2, 0.25) is 0 Å². The van der Waals surface area contributed by atoms with Gasteiger partial charge in [-0.2, -0.15) is 4.98 Å². The molecule has 1 aromatic carbocycles. The van der Waals surface area contributed by atoms with Gasteiger partial charge in [-0.3, -0.25) is 9.52 Å². The number of rotatable bonds is 8. The monoisotopic (exact) mass is 420 g/mol. The van der Waals surface area contributed by atoms with Gasteiger partial charge in [-0.1, -0.05) is 5.16 Å². The number of anilines is 1. The van der Waals surface area contributed by atoms with Gasteiger partial charge in [0, 0.05) is 5.92 Å². The molecular formula is C17H16N4O5S2. The number of hydrogen-bond acceptors (Lipinski definition) is 8. The molecule has 3 aromatic rings. The van der Waals surface area contributed by atoms with Gasteiger partial charge in [0.2, 0.25) is 0 Å². The molecule has 1 fully saturated rings. The average molecular weight is 420 g/mol. The van der Waals surface area contributed by atoms with E-state index < -0.39 is 15.9 Å². The highest BCUT2D eigenvalue weighted by Crippen LogP contribution is 2.40. The molecule has 0 radical (unpaired) electrons. The maximum atomic E-state index is 12.7. The van der Waals surface area contributed by atoms with Gasteiger partial charge in [0.05, 0.1) is 10.6 Å². The standard InChI is InChI=1S/C17H16N4O5S2/c18-14(22)9-25-11-3-5-12(6-4-11)28(23,24)21-13-7-8-27-15(13)17-19-16(20-26-17)10-1-2-10/h3-8,10,21H,1-2,9H2,(H2,18,22). The summed E-state index contributed by atoms with van der Waals surface area (Å²) in [6, 6.07) is 7.30. The topological polar surface area (TPSA) is 137 Å². The Bertz CT molecular complexity index is 1100. The molecule has 1 aliphatic carbocycles. The van der Waals surface area contributed by atoms with Crippen LogP contribution in [0.3, 0.4) is 0 Å². The van der Waals surface area contributed by atoms with Crippen molar-refractivity contribution in [3.8, 4) is 16.5 Å². The Morgan fingerprint density at radius 2 is 2.04 bits per heavy atom. The fourth-order valence-electron chi connectivity index (χ4n) is 2.46. The molecule has 0 atom stereocenters. The van der Waals surface area contributed by atoms with Crippen molar-refractivity contribution in [2.24, 2.45) is 5.73 Å². The Morgan fingerprint density at radius 1 is 1.29 bits per heavy atom. The lowest BCUT2D eigenvalue weighted by atomic mass is 10.3. The largest absolute Gasteiger partial charge is 0.484 e. The third-order valence-corrected chi connectivity index (χ3v) is 6.29. The van der Waals surface area contributed by atoms with E-state index in [0.29, 0.717) is 33.9 Å². The zero-order valence-corrected chi connectivity index (χ0v) is 16.1. The normalized spacial score (nSPS) is 14.0. The molecule has 2 heterocycles. The Balaban J connectivity index is 1.52. The molecule has 1 amide bonds. The van der Waals surface area contributed by atoms with Gasteiger partial charge < -0.3 is 15.0 Å². The first-order valence-corrected chi connectivity index (χ1v) is 10.7. The third kappa shape index (κ3) is 3.99. The number of aromatic nitrogens is 2. The molecule has 0 aliphatic heterocycles. The molecule has 3 N–H and O–H groups in total. The fraction of sp³-hybridized carbons (Fsp3) is 0.235. The predicted octanol–water partition coefficient (Wildman–Crippen LogP) is 2.34. The molecule has 28 heavy (non-hydrogen) atoms. The quantitative estimate of drug-likeness (QED) is 0.570. The van der Waals surface area contributed by atoms with E-state index in [1.807, 2.05) is 0 Å². The highest BCUT2D eigenvalue weighted by atomic mass is 32.2. The van der Waals surface area contributed by atoms with Crippen LogP contribution in [-0.4, -0.2) is 31.1 Å². The van der Waals surface area contributed by atoms with E-state index in [1.54, 1.807) is 11.4 Å². The second-order valence-corrected chi connectivity index (χ2v) is 8.83. The zero-order chi connectivity index (χ0) is 19.7. The number of ether oxygens (including phenoxy) is 1. The predicted molar refractivity (Wildman–Crippen MR) is 102 cm³/mol. The van der Waals surface area contributed by atoms with Gasteiger partial charge >= 0.3 is 0 Å². The van der Waals surface area contributed by atoms with E-state index in [0.717, 1.165) is 12.8 Å². The summed E-state index contributed by atoms with van der Waals surface area (Å²) in [5.74, 6) is 1.02. The van der Waals surface area contributed by atoms with Crippen LogP contribution >= 0.6 is 11.3 Å². The molecule has 146 valence electrons. The number of carbonyl (C=O) groups excluding carboxylic acids is 1. The molecule has 1 aliphatic rings. The van der Waals surface area contributed by atoms with Crippen molar-refractivity contribution in [3.63, 3.8) is 0 Å². The van der Waals surface area contributed by atoms with E-state index in [2.05, 4.69) is 14.9 Å². The van der Waals surface area contributed by atoms with Gasteiger partial charge in [-0.25, -0.2) is 8.42 Å². The minimum Gasteiger partial charge on any atom is -0.484 e. The summed E-state index contributed by atoms with van der Waals surface area (Å²) in [5, 5.41) is 5.71. The Morgan fingerprint density at radius 3 is 2.71 bits per heavy atom. The number of nitrogens with one attached hydrogen (secondary N) is 1. The van der Waals surface area contributed by atoms with Crippen molar-refractivity contribution in [3.05, 3.63) is 41.5 Å². The smallest absolute Gasteiger partial charge is 0.270 e. The van der Waals surface area contributed by atoms with Gasteiger partial charge in [-0.05, 0) is 48.6 Å². The summed E-state index contributed by atoms with van der Waals surface area (Å²) in [4.78, 5) is 15.7. The second-order valence-electron chi connectivity index (χ2n) is 6.23. The molecule has 9 nitrogen and oxygen atoms in total. The van der Waals surface area contributed by atoms with Crippen molar-refractivity contribution in [1.82, 2.24) is 10.1 Å². The van der Waals surface area contributed by atoms with Crippen molar-refractivity contribution in [1.29, 1.82) is 0 Å². The number of hydrogen-bond donors (Lipinski definition) is 2. The van der Waals surface area contributed by atoms with E-state index in [-0.39, 0.29) is 11.5 Å². The Hall–Kier alpha value is -2.92. The minimum absolute atomic E-state index is 0.0419. The molecule has 2 aromatic heterocycles. The van der Waals surface area contributed by atoms with Crippen LogP contribution in [0.15, 0.2) is 45.1 Å². The molecule has 1 saturated carbocycles. The summed E-state index contributed by atoms with van der Waals surface area (Å²) in [6.45, 7) is -0.282. The molecule has 11 heteroatoms. The van der Waals surface area contributed by atoms with Crippen LogP contribution in [0, 0.1) is 0 Å². The zero-order valence-electron chi connectivity index (χ0n) is 14.5. The van der Waals surface area contributed by atoms with Crippen molar-refractivity contribution >= 4 is 33.0 Å². The fourth-order valence-corrected chi connectivity index (χ4v) is 4.37. The first-order chi connectivity index (χ1) is 13.4. The van der Waals surface area contributed by atoms with E-state index in [9.17, 15) is 13.2 Å². The van der Waals surface area contributed by atoms with Crippen LogP contribution in [0.1, 0.15) is 24.6 Å². The van der Waals surface area contributed by atoms with Crippen LogP contribution < -0.4 is 15.2 Å².